The first-order valence-electron chi connectivity index (χ1n) is 3.56. The summed E-state index contributed by atoms with van der Waals surface area (Å²) in [7, 11) is 0. The number of hydrogen-bond acceptors (Lipinski definition) is 1. The second-order valence-electron chi connectivity index (χ2n) is 2.93. The molecule has 0 bridgehead atoms. The van der Waals surface area contributed by atoms with E-state index in [4.69, 9.17) is 5.73 Å². The predicted octanol–water partition coefficient (Wildman–Crippen LogP) is 1.52. The summed E-state index contributed by atoms with van der Waals surface area (Å²) >= 11 is 0. The molecule has 1 unspecified atom stereocenters. The summed E-state index contributed by atoms with van der Waals surface area (Å²) in [5, 5.41) is 0. The van der Waals surface area contributed by atoms with Crippen LogP contribution >= 0.6 is 0 Å². The van der Waals surface area contributed by atoms with Crippen LogP contribution in [0, 0.1) is 5.92 Å². The van der Waals surface area contributed by atoms with Gasteiger partial charge in [0.15, 0.2) is 0 Å². The highest BCUT2D eigenvalue weighted by atomic mass is 14.6. The zero-order chi connectivity index (χ0) is 5.98. The van der Waals surface area contributed by atoms with Gasteiger partial charge in [0.1, 0.15) is 0 Å². The third-order valence-corrected chi connectivity index (χ3v) is 2.18. The Labute approximate surface area is 51.3 Å². The fourth-order valence-electron chi connectivity index (χ4n) is 1.34. The first-order valence-corrected chi connectivity index (χ1v) is 3.56. The van der Waals surface area contributed by atoms with Crippen molar-refractivity contribution in [2.75, 3.05) is 0 Å². The van der Waals surface area contributed by atoms with Crippen molar-refractivity contribution in [2.24, 2.45) is 11.7 Å². The van der Waals surface area contributed by atoms with Gasteiger partial charge in [-0.2, -0.15) is 0 Å². The third-order valence-electron chi connectivity index (χ3n) is 2.18. The summed E-state index contributed by atoms with van der Waals surface area (Å²) in [6.07, 6.45) is 5.35. The average Bonchev–Trinajstić information content (AvgIpc) is 1.77. The van der Waals surface area contributed by atoms with Gasteiger partial charge >= 0.3 is 0 Å². The standard InChI is InChI=1S/C7H15N/c1-6-4-2-3-5-7(6)8/h6-7H,2-5,8H2,1H3/t6-,7?/m1/s1. The summed E-state index contributed by atoms with van der Waals surface area (Å²) in [5.74, 6) is 0.781. The van der Waals surface area contributed by atoms with Gasteiger partial charge in [-0.1, -0.05) is 19.8 Å². The van der Waals surface area contributed by atoms with E-state index >= 15 is 0 Å². The Morgan fingerprint density at radius 3 is 2.25 bits per heavy atom. The smallest absolute Gasteiger partial charge is 0.00645 e. The van der Waals surface area contributed by atoms with Crippen LogP contribution in [-0.2, 0) is 0 Å². The number of nitrogens with two attached hydrogens (primary N) is 1. The topological polar surface area (TPSA) is 26.0 Å². The molecule has 0 aromatic heterocycles. The molecular weight excluding hydrogens is 98.1 g/mol. The van der Waals surface area contributed by atoms with Crippen molar-refractivity contribution in [1.29, 1.82) is 0 Å². The van der Waals surface area contributed by atoms with Gasteiger partial charge in [-0.05, 0) is 18.8 Å². The predicted molar refractivity (Wildman–Crippen MR) is 35.6 cm³/mol. The molecule has 1 aliphatic rings. The van der Waals surface area contributed by atoms with E-state index in [1.54, 1.807) is 0 Å². The van der Waals surface area contributed by atoms with Crippen LogP contribution < -0.4 is 5.73 Å². The van der Waals surface area contributed by atoms with E-state index in [9.17, 15) is 0 Å². The first-order chi connectivity index (χ1) is 3.80. The third kappa shape index (κ3) is 1.22. The maximum atomic E-state index is 5.78. The van der Waals surface area contributed by atoms with E-state index in [-0.39, 0.29) is 0 Å². The van der Waals surface area contributed by atoms with Crippen LogP contribution in [0.3, 0.4) is 0 Å². The van der Waals surface area contributed by atoms with E-state index in [1.807, 2.05) is 0 Å². The molecular formula is C7H15N. The van der Waals surface area contributed by atoms with Crippen molar-refractivity contribution in [2.45, 2.75) is 38.6 Å². The molecule has 1 aliphatic carbocycles. The Hall–Kier alpha value is -0.0400. The lowest BCUT2D eigenvalue weighted by Gasteiger charge is -2.24. The van der Waals surface area contributed by atoms with Gasteiger partial charge in [0, 0.05) is 6.04 Å². The second-order valence-corrected chi connectivity index (χ2v) is 2.93. The molecule has 8 heavy (non-hydrogen) atoms. The monoisotopic (exact) mass is 113 g/mol. The minimum atomic E-state index is 0.503. The van der Waals surface area contributed by atoms with Crippen molar-refractivity contribution in [1.82, 2.24) is 0 Å². The van der Waals surface area contributed by atoms with Crippen LogP contribution in [0.5, 0.6) is 0 Å². The van der Waals surface area contributed by atoms with Crippen LogP contribution in [0.4, 0.5) is 0 Å². The van der Waals surface area contributed by atoms with Gasteiger partial charge < -0.3 is 5.73 Å². The molecule has 1 rings (SSSR count). The van der Waals surface area contributed by atoms with E-state index in [0.29, 0.717) is 6.04 Å². The second kappa shape index (κ2) is 2.49. The SMILES string of the molecule is C[C@@H]1CCCCC1N. The van der Waals surface area contributed by atoms with Gasteiger partial charge in [-0.25, -0.2) is 0 Å². The van der Waals surface area contributed by atoms with Gasteiger partial charge in [-0.3, -0.25) is 0 Å². The summed E-state index contributed by atoms with van der Waals surface area (Å²) < 4.78 is 0. The fourth-order valence-corrected chi connectivity index (χ4v) is 1.34. The molecule has 0 aromatic rings. The molecule has 0 amide bonds. The molecule has 0 aromatic carbocycles. The molecule has 0 aliphatic heterocycles. The molecule has 48 valence electrons. The summed E-state index contributed by atoms with van der Waals surface area (Å²) in [5.41, 5.74) is 5.78. The molecule has 2 N–H and O–H groups in total. The molecule has 1 fully saturated rings. The molecule has 1 saturated carbocycles. The van der Waals surface area contributed by atoms with Crippen LogP contribution in [0.1, 0.15) is 32.6 Å². The van der Waals surface area contributed by atoms with E-state index in [1.165, 1.54) is 25.7 Å². The molecule has 0 radical (unpaired) electrons. The molecule has 1 nitrogen and oxygen atoms in total. The highest BCUT2D eigenvalue weighted by Gasteiger charge is 2.15. The molecule has 1 heteroatoms. The van der Waals surface area contributed by atoms with Gasteiger partial charge in [0.25, 0.3) is 0 Å². The van der Waals surface area contributed by atoms with Crippen molar-refractivity contribution in [3.63, 3.8) is 0 Å². The largest absolute Gasteiger partial charge is 0.327 e. The fraction of sp³-hybridized carbons (Fsp3) is 1.00. The lowest BCUT2D eigenvalue weighted by Crippen LogP contribution is -2.30. The Balaban J connectivity index is 2.28. The van der Waals surface area contributed by atoms with Crippen molar-refractivity contribution in [3.8, 4) is 0 Å². The Kier molecular flexibility index (Phi) is 1.90. The zero-order valence-corrected chi connectivity index (χ0v) is 5.56. The lowest BCUT2D eigenvalue weighted by atomic mass is 9.87. The number of hydrogen-bond donors (Lipinski definition) is 1. The molecule has 2 atom stereocenters. The Morgan fingerprint density at radius 2 is 1.88 bits per heavy atom. The van der Waals surface area contributed by atoms with Crippen LogP contribution in [0.25, 0.3) is 0 Å². The minimum absolute atomic E-state index is 0.503. The van der Waals surface area contributed by atoms with Crippen molar-refractivity contribution in [3.05, 3.63) is 0 Å². The van der Waals surface area contributed by atoms with Crippen LogP contribution in [0.15, 0.2) is 0 Å². The maximum Gasteiger partial charge on any atom is 0.00645 e. The van der Waals surface area contributed by atoms with Gasteiger partial charge in [0.05, 0.1) is 0 Å². The molecule has 0 heterocycles. The van der Waals surface area contributed by atoms with Crippen molar-refractivity contribution < 1.29 is 0 Å². The number of rotatable bonds is 0. The first kappa shape index (κ1) is 6.09. The quantitative estimate of drug-likeness (QED) is 0.506. The summed E-state index contributed by atoms with van der Waals surface area (Å²) in [6, 6.07) is 0.503. The summed E-state index contributed by atoms with van der Waals surface area (Å²) in [4.78, 5) is 0. The summed E-state index contributed by atoms with van der Waals surface area (Å²) in [6.45, 7) is 2.25. The van der Waals surface area contributed by atoms with Crippen LogP contribution in [-0.4, -0.2) is 6.04 Å². The Bertz CT molecular complexity index is 60.8. The molecule has 0 saturated heterocycles. The van der Waals surface area contributed by atoms with E-state index in [2.05, 4.69) is 6.92 Å². The minimum Gasteiger partial charge on any atom is -0.327 e. The Morgan fingerprint density at radius 1 is 1.25 bits per heavy atom. The van der Waals surface area contributed by atoms with Crippen molar-refractivity contribution >= 4 is 0 Å². The highest BCUT2D eigenvalue weighted by Crippen LogP contribution is 2.21. The highest BCUT2D eigenvalue weighted by molar-refractivity contribution is 4.73. The normalized spacial score (nSPS) is 39.8. The van der Waals surface area contributed by atoms with Gasteiger partial charge in [-0.15, -0.1) is 0 Å². The zero-order valence-electron chi connectivity index (χ0n) is 5.56. The molecule has 0 spiro atoms. The maximum absolute atomic E-state index is 5.78. The van der Waals surface area contributed by atoms with E-state index in [0.717, 1.165) is 5.92 Å². The lowest BCUT2D eigenvalue weighted by molar-refractivity contribution is 0.331. The van der Waals surface area contributed by atoms with Crippen LogP contribution in [0.2, 0.25) is 0 Å². The average molecular weight is 113 g/mol. The van der Waals surface area contributed by atoms with Gasteiger partial charge in [0.2, 0.25) is 0 Å². The van der Waals surface area contributed by atoms with E-state index < -0.39 is 0 Å².